The molecule has 2 aromatic heterocycles. The number of rotatable bonds is 2. The van der Waals surface area contributed by atoms with Crippen molar-refractivity contribution in [3.8, 4) is 0 Å². The van der Waals surface area contributed by atoms with E-state index in [1.165, 1.54) is 6.33 Å². The molecule has 6 N–H and O–H groups in total. The molecule has 2 aromatic rings. The van der Waals surface area contributed by atoms with Crippen molar-refractivity contribution in [2.45, 2.75) is 24.4 Å². The zero-order valence-electron chi connectivity index (χ0n) is 9.76. The van der Waals surface area contributed by atoms with Gasteiger partial charge in [0.15, 0.2) is 11.3 Å². The number of aromatic nitrogens is 4. The van der Waals surface area contributed by atoms with Crippen LogP contribution in [0, 0.1) is 0 Å². The summed E-state index contributed by atoms with van der Waals surface area (Å²) in [6.45, 7) is -0.391. The molecule has 0 amide bonds. The summed E-state index contributed by atoms with van der Waals surface area (Å²) in [6, 6.07) is 0. The van der Waals surface area contributed by atoms with Gasteiger partial charge in [0.2, 0.25) is 0 Å². The number of anilines is 1. The number of nitrogen functional groups attached to an aromatic ring is 1. The van der Waals surface area contributed by atoms with Crippen molar-refractivity contribution >= 4 is 16.9 Å². The first-order valence-corrected chi connectivity index (χ1v) is 5.70. The van der Waals surface area contributed by atoms with Gasteiger partial charge in [0.25, 0.3) is 0 Å². The molecular formula is C10H13N5O4. The third-order valence-corrected chi connectivity index (χ3v) is 3.22. The maximum atomic E-state index is 9.95. The molecule has 0 aromatic carbocycles. The van der Waals surface area contributed by atoms with Gasteiger partial charge >= 0.3 is 0 Å². The van der Waals surface area contributed by atoms with E-state index >= 15 is 0 Å². The minimum atomic E-state index is -1.18. The van der Waals surface area contributed by atoms with E-state index in [0.717, 1.165) is 0 Å². The van der Waals surface area contributed by atoms with Crippen molar-refractivity contribution in [3.05, 3.63) is 12.0 Å². The highest BCUT2D eigenvalue weighted by molar-refractivity contribution is 5.85. The number of aliphatic hydroxyl groups excluding tert-OH is 3. The summed E-state index contributed by atoms with van der Waals surface area (Å²) in [4.78, 5) is 7.84. The van der Waals surface area contributed by atoms with Crippen molar-refractivity contribution in [2.24, 2.45) is 0 Å². The summed E-state index contributed by atoms with van der Waals surface area (Å²) in [5.74, 6) is 0.208. The number of aromatic amines is 1. The van der Waals surface area contributed by atoms with Crippen LogP contribution < -0.4 is 5.73 Å². The molecule has 9 nitrogen and oxygen atoms in total. The van der Waals surface area contributed by atoms with Crippen molar-refractivity contribution in [2.75, 3.05) is 12.3 Å². The van der Waals surface area contributed by atoms with Gasteiger partial charge in [0, 0.05) is 0 Å². The predicted molar refractivity (Wildman–Crippen MR) is 62.8 cm³/mol. The fraction of sp³-hybridized carbons (Fsp3) is 0.500. The molecule has 102 valence electrons. The van der Waals surface area contributed by atoms with E-state index in [-0.39, 0.29) is 5.82 Å². The molecule has 19 heavy (non-hydrogen) atoms. The van der Waals surface area contributed by atoms with E-state index < -0.39 is 31.0 Å². The Bertz CT molecular complexity index is 603. The minimum absolute atomic E-state index is 0.208. The Labute approximate surface area is 107 Å². The van der Waals surface area contributed by atoms with Gasteiger partial charge in [-0.25, -0.2) is 9.97 Å². The van der Waals surface area contributed by atoms with Crippen molar-refractivity contribution < 1.29 is 20.1 Å². The lowest BCUT2D eigenvalue weighted by atomic mass is 10.1. The third kappa shape index (κ3) is 1.75. The SMILES string of the molecule is Nc1ncnc2c(C3O[C@H](CO)[C@@H](O)[C@H]3O)[nH]nc12. The van der Waals surface area contributed by atoms with Gasteiger partial charge in [0.1, 0.15) is 36.3 Å². The summed E-state index contributed by atoms with van der Waals surface area (Å²) in [7, 11) is 0. The molecule has 1 fully saturated rings. The van der Waals surface area contributed by atoms with Crippen LogP contribution >= 0.6 is 0 Å². The number of hydrogen-bond acceptors (Lipinski definition) is 8. The minimum Gasteiger partial charge on any atom is -0.394 e. The first-order chi connectivity index (χ1) is 9.13. The molecule has 0 spiro atoms. The molecule has 0 saturated carbocycles. The van der Waals surface area contributed by atoms with Gasteiger partial charge in [0.05, 0.1) is 12.3 Å². The molecule has 1 saturated heterocycles. The van der Waals surface area contributed by atoms with Crippen LogP contribution in [0.15, 0.2) is 6.33 Å². The first kappa shape index (κ1) is 12.2. The first-order valence-electron chi connectivity index (χ1n) is 5.70. The van der Waals surface area contributed by atoms with Crippen LogP contribution in [0.5, 0.6) is 0 Å². The maximum absolute atomic E-state index is 9.95. The predicted octanol–water partition coefficient (Wildman–Crippen LogP) is -1.91. The molecule has 1 aliphatic heterocycles. The van der Waals surface area contributed by atoms with Gasteiger partial charge in [-0.1, -0.05) is 0 Å². The van der Waals surface area contributed by atoms with E-state index in [1.807, 2.05) is 0 Å². The second-order valence-corrected chi connectivity index (χ2v) is 4.35. The fourth-order valence-electron chi connectivity index (χ4n) is 2.21. The second kappa shape index (κ2) is 4.38. The number of nitrogens with zero attached hydrogens (tertiary/aromatic N) is 3. The quantitative estimate of drug-likeness (QED) is 0.423. The second-order valence-electron chi connectivity index (χ2n) is 4.35. The number of hydrogen-bond donors (Lipinski definition) is 5. The number of aliphatic hydroxyl groups is 3. The Balaban J connectivity index is 2.04. The topological polar surface area (TPSA) is 150 Å². The number of nitrogens with two attached hydrogens (primary N) is 1. The Morgan fingerprint density at radius 1 is 1.26 bits per heavy atom. The van der Waals surface area contributed by atoms with Crippen molar-refractivity contribution in [1.82, 2.24) is 20.2 Å². The molecule has 1 unspecified atom stereocenters. The molecule has 9 heteroatoms. The Hall–Kier alpha value is -1.81. The van der Waals surface area contributed by atoms with Gasteiger partial charge in [-0.2, -0.15) is 5.10 Å². The van der Waals surface area contributed by atoms with E-state index in [9.17, 15) is 10.2 Å². The van der Waals surface area contributed by atoms with E-state index in [2.05, 4.69) is 20.2 Å². The van der Waals surface area contributed by atoms with Gasteiger partial charge in [-0.15, -0.1) is 0 Å². The van der Waals surface area contributed by atoms with Gasteiger partial charge in [-0.3, -0.25) is 5.10 Å². The van der Waals surface area contributed by atoms with Crippen molar-refractivity contribution in [1.29, 1.82) is 0 Å². The molecule has 3 heterocycles. The molecule has 1 aliphatic rings. The average Bonchev–Trinajstić information content (AvgIpc) is 2.94. The molecule has 0 bridgehead atoms. The Morgan fingerprint density at radius 2 is 2.05 bits per heavy atom. The van der Waals surface area contributed by atoms with Gasteiger partial charge in [-0.05, 0) is 0 Å². The molecule has 0 radical (unpaired) electrons. The summed E-state index contributed by atoms with van der Waals surface area (Å²) in [5.41, 5.74) is 6.84. The lowest BCUT2D eigenvalue weighted by Crippen LogP contribution is -2.32. The van der Waals surface area contributed by atoms with E-state index in [4.69, 9.17) is 15.6 Å². The highest BCUT2D eigenvalue weighted by atomic mass is 16.6. The summed E-state index contributed by atoms with van der Waals surface area (Å²) in [6.07, 6.45) is -2.79. The van der Waals surface area contributed by atoms with Crippen LogP contribution in [0.1, 0.15) is 11.8 Å². The number of H-pyrrole nitrogens is 1. The zero-order chi connectivity index (χ0) is 13.6. The summed E-state index contributed by atoms with van der Waals surface area (Å²) in [5, 5.41) is 35.4. The molecule has 3 rings (SSSR count). The lowest BCUT2D eigenvalue weighted by molar-refractivity contribution is -0.0236. The highest BCUT2D eigenvalue weighted by Crippen LogP contribution is 2.35. The van der Waals surface area contributed by atoms with Crippen LogP contribution in [0.4, 0.5) is 5.82 Å². The van der Waals surface area contributed by atoms with Crippen LogP contribution in [-0.2, 0) is 4.74 Å². The largest absolute Gasteiger partial charge is 0.394 e. The Morgan fingerprint density at radius 3 is 2.74 bits per heavy atom. The number of nitrogens with one attached hydrogen (secondary N) is 1. The van der Waals surface area contributed by atoms with Crippen molar-refractivity contribution in [3.63, 3.8) is 0 Å². The lowest BCUT2D eigenvalue weighted by Gasteiger charge is -2.12. The summed E-state index contributed by atoms with van der Waals surface area (Å²) >= 11 is 0. The standard InChI is InChI=1S/C10H13N5O4/c11-10-6-4(12-2-13-10)5(14-15-6)9-8(18)7(17)3(1-16)19-9/h2-3,7-9,16-18H,1H2,(H,14,15)(H2,11,12,13)/t3-,7-,8-,9?/m1/s1. The van der Waals surface area contributed by atoms with Crippen LogP contribution in [0.3, 0.4) is 0 Å². The number of ether oxygens (including phenoxy) is 1. The van der Waals surface area contributed by atoms with Crippen LogP contribution in [-0.4, -0.2) is 60.4 Å². The van der Waals surface area contributed by atoms with E-state index in [1.54, 1.807) is 0 Å². The zero-order valence-corrected chi connectivity index (χ0v) is 9.76. The Kier molecular flexibility index (Phi) is 2.82. The number of fused-ring (bicyclic) bond motifs is 1. The van der Waals surface area contributed by atoms with Crippen LogP contribution in [0.2, 0.25) is 0 Å². The monoisotopic (exact) mass is 267 g/mol. The smallest absolute Gasteiger partial charge is 0.155 e. The normalized spacial score (nSPS) is 31.1. The molecule has 4 atom stereocenters. The van der Waals surface area contributed by atoms with Crippen LogP contribution in [0.25, 0.3) is 11.0 Å². The van der Waals surface area contributed by atoms with E-state index in [0.29, 0.717) is 16.7 Å². The molecule has 0 aliphatic carbocycles. The molecular weight excluding hydrogens is 254 g/mol. The maximum Gasteiger partial charge on any atom is 0.155 e. The highest BCUT2D eigenvalue weighted by Gasteiger charge is 2.44. The average molecular weight is 267 g/mol. The third-order valence-electron chi connectivity index (χ3n) is 3.22. The summed E-state index contributed by atoms with van der Waals surface area (Å²) < 4.78 is 5.40. The fourth-order valence-corrected chi connectivity index (χ4v) is 2.21. The van der Waals surface area contributed by atoms with Gasteiger partial charge < -0.3 is 25.8 Å².